The lowest BCUT2D eigenvalue weighted by Gasteiger charge is -2.27. The molecule has 1 saturated carbocycles. The third-order valence-electron chi connectivity index (χ3n) is 3.96. The fourth-order valence-electron chi connectivity index (χ4n) is 2.76. The van der Waals surface area contributed by atoms with Crippen LogP contribution in [0.25, 0.3) is 0 Å². The summed E-state index contributed by atoms with van der Waals surface area (Å²) in [6.07, 6.45) is 4.99. The highest BCUT2D eigenvalue weighted by atomic mass is 15.3. The molecule has 2 unspecified atom stereocenters. The zero-order valence-corrected chi connectivity index (χ0v) is 10.8. The van der Waals surface area contributed by atoms with Crippen molar-refractivity contribution in [2.45, 2.75) is 37.6 Å². The number of likely N-dealkylation sites (tertiary alicyclic amines) is 1. The van der Waals surface area contributed by atoms with Gasteiger partial charge in [0.15, 0.2) is 5.96 Å². The van der Waals surface area contributed by atoms with Gasteiger partial charge >= 0.3 is 0 Å². The van der Waals surface area contributed by atoms with Gasteiger partial charge in [0.1, 0.15) is 0 Å². The van der Waals surface area contributed by atoms with Crippen LogP contribution in [0.2, 0.25) is 0 Å². The highest BCUT2D eigenvalue weighted by Crippen LogP contribution is 2.43. The first-order valence-corrected chi connectivity index (χ1v) is 6.98. The molecule has 1 heterocycles. The summed E-state index contributed by atoms with van der Waals surface area (Å²) in [5, 5.41) is 0. The molecule has 1 saturated heterocycles. The SMILES string of the molecule is NC(=NC1CC1c1ccccc1)N1CCCCC1. The second-order valence-corrected chi connectivity index (χ2v) is 5.36. The number of nitrogens with zero attached hydrogens (tertiary/aromatic N) is 2. The van der Waals surface area contributed by atoms with Crippen molar-refractivity contribution in [3.63, 3.8) is 0 Å². The molecule has 2 aliphatic rings. The zero-order chi connectivity index (χ0) is 12.4. The van der Waals surface area contributed by atoms with E-state index < -0.39 is 0 Å². The Balaban J connectivity index is 1.61. The minimum Gasteiger partial charge on any atom is -0.370 e. The molecular formula is C15H21N3. The van der Waals surface area contributed by atoms with Crippen LogP contribution in [0, 0.1) is 0 Å². The van der Waals surface area contributed by atoms with Crippen LogP contribution >= 0.6 is 0 Å². The minimum atomic E-state index is 0.411. The monoisotopic (exact) mass is 243 g/mol. The summed E-state index contributed by atoms with van der Waals surface area (Å²) < 4.78 is 0. The molecule has 96 valence electrons. The van der Waals surface area contributed by atoms with Gasteiger partial charge in [0.2, 0.25) is 0 Å². The van der Waals surface area contributed by atoms with E-state index in [4.69, 9.17) is 10.7 Å². The lowest BCUT2D eigenvalue weighted by atomic mass is 10.1. The first kappa shape index (κ1) is 11.6. The van der Waals surface area contributed by atoms with E-state index in [-0.39, 0.29) is 0 Å². The van der Waals surface area contributed by atoms with E-state index in [0.29, 0.717) is 12.0 Å². The number of hydrogen-bond acceptors (Lipinski definition) is 1. The van der Waals surface area contributed by atoms with Crippen molar-refractivity contribution in [3.05, 3.63) is 35.9 Å². The van der Waals surface area contributed by atoms with Gasteiger partial charge in [-0.3, -0.25) is 0 Å². The molecule has 2 N–H and O–H groups in total. The molecule has 1 aromatic rings. The second-order valence-electron chi connectivity index (χ2n) is 5.36. The van der Waals surface area contributed by atoms with Crippen LogP contribution in [0.3, 0.4) is 0 Å². The standard InChI is InChI=1S/C15H21N3/c16-15(18-9-5-2-6-10-18)17-14-11-13(14)12-7-3-1-4-8-12/h1,3-4,7-8,13-14H,2,5-6,9-11H2,(H2,16,17). The summed E-state index contributed by atoms with van der Waals surface area (Å²) in [6.45, 7) is 2.16. The maximum absolute atomic E-state index is 6.11. The Bertz CT molecular complexity index is 421. The summed E-state index contributed by atoms with van der Waals surface area (Å²) in [5.74, 6) is 1.35. The van der Waals surface area contributed by atoms with E-state index in [1.807, 2.05) is 0 Å². The molecule has 2 fully saturated rings. The van der Waals surface area contributed by atoms with Gasteiger partial charge in [0.05, 0.1) is 6.04 Å². The molecule has 18 heavy (non-hydrogen) atoms. The lowest BCUT2D eigenvalue weighted by molar-refractivity contribution is 0.338. The minimum absolute atomic E-state index is 0.411. The van der Waals surface area contributed by atoms with Gasteiger partial charge < -0.3 is 10.6 Å². The lowest BCUT2D eigenvalue weighted by Crippen LogP contribution is -2.41. The summed E-state index contributed by atoms with van der Waals surface area (Å²) in [4.78, 5) is 6.93. The van der Waals surface area contributed by atoms with Crippen LogP contribution in [0.5, 0.6) is 0 Å². The van der Waals surface area contributed by atoms with Crippen molar-refractivity contribution in [2.24, 2.45) is 10.7 Å². The molecule has 0 radical (unpaired) electrons. The summed E-state index contributed by atoms with van der Waals surface area (Å²) in [5.41, 5.74) is 7.51. The van der Waals surface area contributed by atoms with Gasteiger partial charge in [-0.25, -0.2) is 4.99 Å². The van der Waals surface area contributed by atoms with Crippen LogP contribution in [0.15, 0.2) is 35.3 Å². The van der Waals surface area contributed by atoms with Gasteiger partial charge in [-0.05, 0) is 31.2 Å². The number of aliphatic imine (C=N–C) groups is 1. The maximum Gasteiger partial charge on any atom is 0.191 e. The van der Waals surface area contributed by atoms with E-state index in [1.54, 1.807) is 0 Å². The van der Waals surface area contributed by atoms with Crippen molar-refractivity contribution < 1.29 is 0 Å². The third-order valence-corrected chi connectivity index (χ3v) is 3.96. The Labute approximate surface area is 109 Å². The van der Waals surface area contributed by atoms with Gasteiger partial charge in [-0.2, -0.15) is 0 Å². The first-order chi connectivity index (χ1) is 8.84. The van der Waals surface area contributed by atoms with Crippen LogP contribution in [0.4, 0.5) is 0 Å². The highest BCUT2D eigenvalue weighted by molar-refractivity contribution is 5.78. The Kier molecular flexibility index (Phi) is 3.22. The van der Waals surface area contributed by atoms with E-state index in [9.17, 15) is 0 Å². The van der Waals surface area contributed by atoms with Crippen LogP contribution < -0.4 is 5.73 Å². The molecule has 0 bridgehead atoms. The fourth-order valence-corrected chi connectivity index (χ4v) is 2.76. The summed E-state index contributed by atoms with van der Waals surface area (Å²) in [7, 11) is 0. The van der Waals surface area contributed by atoms with Crippen molar-refractivity contribution >= 4 is 5.96 Å². The fraction of sp³-hybridized carbons (Fsp3) is 0.533. The average Bonchev–Trinajstić information content (AvgIpc) is 3.20. The van der Waals surface area contributed by atoms with Crippen molar-refractivity contribution in [1.82, 2.24) is 4.90 Å². The molecule has 1 aliphatic carbocycles. The summed E-state index contributed by atoms with van der Waals surface area (Å²) in [6, 6.07) is 11.1. The largest absolute Gasteiger partial charge is 0.370 e. The van der Waals surface area contributed by atoms with Crippen molar-refractivity contribution in [2.75, 3.05) is 13.1 Å². The molecule has 3 nitrogen and oxygen atoms in total. The van der Waals surface area contributed by atoms with Crippen molar-refractivity contribution in [1.29, 1.82) is 0 Å². The third kappa shape index (κ3) is 2.50. The van der Waals surface area contributed by atoms with E-state index in [1.165, 1.54) is 24.8 Å². The Morgan fingerprint density at radius 3 is 2.56 bits per heavy atom. The van der Waals surface area contributed by atoms with E-state index in [2.05, 4.69) is 35.2 Å². The number of rotatable bonds is 2. The molecule has 1 aliphatic heterocycles. The molecule has 0 amide bonds. The second kappa shape index (κ2) is 5.01. The van der Waals surface area contributed by atoms with Gasteiger partial charge in [-0.1, -0.05) is 30.3 Å². The topological polar surface area (TPSA) is 41.6 Å². The molecule has 3 rings (SSSR count). The molecule has 0 aromatic heterocycles. The van der Waals surface area contributed by atoms with Crippen LogP contribution in [-0.2, 0) is 0 Å². The van der Waals surface area contributed by atoms with E-state index in [0.717, 1.165) is 25.5 Å². The zero-order valence-electron chi connectivity index (χ0n) is 10.8. The Morgan fingerprint density at radius 2 is 1.83 bits per heavy atom. The molecule has 0 spiro atoms. The van der Waals surface area contributed by atoms with Crippen molar-refractivity contribution in [3.8, 4) is 0 Å². The number of hydrogen-bond donors (Lipinski definition) is 1. The smallest absolute Gasteiger partial charge is 0.191 e. The molecule has 1 aromatic carbocycles. The number of piperidine rings is 1. The number of nitrogens with two attached hydrogens (primary N) is 1. The number of guanidine groups is 1. The predicted molar refractivity (Wildman–Crippen MR) is 74.6 cm³/mol. The predicted octanol–water partition coefficient (Wildman–Crippen LogP) is 2.34. The molecule has 2 atom stereocenters. The van der Waals surface area contributed by atoms with Gasteiger partial charge in [-0.15, -0.1) is 0 Å². The summed E-state index contributed by atoms with van der Waals surface area (Å²) >= 11 is 0. The average molecular weight is 243 g/mol. The van der Waals surface area contributed by atoms with Gasteiger partial charge in [0, 0.05) is 19.0 Å². The highest BCUT2D eigenvalue weighted by Gasteiger charge is 2.38. The molecular weight excluding hydrogens is 222 g/mol. The normalized spacial score (nSPS) is 28.2. The van der Waals surface area contributed by atoms with Crippen LogP contribution in [0.1, 0.15) is 37.2 Å². The Morgan fingerprint density at radius 1 is 1.11 bits per heavy atom. The number of benzene rings is 1. The Hall–Kier alpha value is -1.51. The van der Waals surface area contributed by atoms with Gasteiger partial charge in [0.25, 0.3) is 0 Å². The maximum atomic E-state index is 6.11. The quantitative estimate of drug-likeness (QED) is 0.640. The molecule has 3 heteroatoms. The first-order valence-electron chi connectivity index (χ1n) is 6.98. The van der Waals surface area contributed by atoms with Crippen LogP contribution in [-0.4, -0.2) is 30.0 Å². The van der Waals surface area contributed by atoms with E-state index >= 15 is 0 Å².